The molecule has 24 heavy (non-hydrogen) atoms. The van der Waals surface area contributed by atoms with Crippen LogP contribution in [0.5, 0.6) is 0 Å². The van der Waals surface area contributed by atoms with Crippen LogP contribution in [-0.2, 0) is 4.79 Å². The molecule has 1 aliphatic rings. The Balaban J connectivity index is 1.55. The summed E-state index contributed by atoms with van der Waals surface area (Å²) in [6, 6.07) is 7.43. The van der Waals surface area contributed by atoms with Crippen LogP contribution in [0.3, 0.4) is 0 Å². The SMILES string of the molecule is C[C@H](C(=O)Nc1cccc(F)c1)N1CCN(c2ncccn2)CC1. The third-order valence-corrected chi connectivity index (χ3v) is 4.17. The summed E-state index contributed by atoms with van der Waals surface area (Å²) in [5.74, 6) is 0.218. The lowest BCUT2D eigenvalue weighted by molar-refractivity contribution is -0.120. The molecule has 0 radical (unpaired) electrons. The van der Waals surface area contributed by atoms with Gasteiger partial charge in [0, 0.05) is 44.3 Å². The minimum Gasteiger partial charge on any atom is -0.338 e. The van der Waals surface area contributed by atoms with Gasteiger partial charge in [0.15, 0.2) is 0 Å². The predicted molar refractivity (Wildman–Crippen MR) is 90.3 cm³/mol. The molecular formula is C17H20FN5O. The van der Waals surface area contributed by atoms with Gasteiger partial charge in [0.25, 0.3) is 0 Å². The number of nitrogens with one attached hydrogen (secondary N) is 1. The number of piperazine rings is 1. The van der Waals surface area contributed by atoms with Crippen LogP contribution in [0.15, 0.2) is 42.7 Å². The van der Waals surface area contributed by atoms with E-state index < -0.39 is 0 Å². The average Bonchev–Trinajstić information content (AvgIpc) is 2.62. The van der Waals surface area contributed by atoms with Crippen molar-refractivity contribution in [2.24, 2.45) is 0 Å². The zero-order valence-corrected chi connectivity index (χ0v) is 13.5. The molecule has 1 aromatic heterocycles. The first-order valence-electron chi connectivity index (χ1n) is 7.96. The van der Waals surface area contributed by atoms with Gasteiger partial charge in [0.2, 0.25) is 11.9 Å². The Hall–Kier alpha value is -2.54. The van der Waals surface area contributed by atoms with Crippen molar-refractivity contribution in [2.75, 3.05) is 36.4 Å². The molecule has 0 unspecified atom stereocenters. The number of aromatic nitrogens is 2. The molecule has 0 aliphatic carbocycles. The van der Waals surface area contributed by atoms with E-state index in [0.717, 1.165) is 26.2 Å². The van der Waals surface area contributed by atoms with Gasteiger partial charge in [-0.1, -0.05) is 6.07 Å². The molecule has 2 heterocycles. The molecular weight excluding hydrogens is 309 g/mol. The lowest BCUT2D eigenvalue weighted by Crippen LogP contribution is -2.53. The molecule has 7 heteroatoms. The van der Waals surface area contributed by atoms with Gasteiger partial charge >= 0.3 is 0 Å². The fourth-order valence-corrected chi connectivity index (χ4v) is 2.74. The Kier molecular flexibility index (Phi) is 5.00. The second-order valence-electron chi connectivity index (χ2n) is 5.75. The molecule has 1 atom stereocenters. The molecule has 3 rings (SSSR count). The van der Waals surface area contributed by atoms with Crippen molar-refractivity contribution in [2.45, 2.75) is 13.0 Å². The van der Waals surface area contributed by atoms with E-state index in [2.05, 4.69) is 25.1 Å². The number of carbonyl (C=O) groups excluding carboxylic acids is 1. The molecule has 1 aliphatic heterocycles. The summed E-state index contributed by atoms with van der Waals surface area (Å²) < 4.78 is 13.2. The Bertz CT molecular complexity index is 688. The minimum atomic E-state index is -0.364. The third-order valence-electron chi connectivity index (χ3n) is 4.17. The number of anilines is 2. The number of amides is 1. The smallest absolute Gasteiger partial charge is 0.241 e. The highest BCUT2D eigenvalue weighted by molar-refractivity contribution is 5.94. The molecule has 1 fully saturated rings. The number of rotatable bonds is 4. The molecule has 126 valence electrons. The number of halogens is 1. The summed E-state index contributed by atoms with van der Waals surface area (Å²) in [5.41, 5.74) is 0.475. The first-order valence-corrected chi connectivity index (χ1v) is 7.96. The second kappa shape index (κ2) is 7.35. The van der Waals surface area contributed by atoms with Gasteiger partial charge in [0.05, 0.1) is 6.04 Å². The Labute approximate surface area is 140 Å². The van der Waals surface area contributed by atoms with Crippen LogP contribution in [0.25, 0.3) is 0 Å². The Morgan fingerprint density at radius 3 is 2.54 bits per heavy atom. The second-order valence-corrected chi connectivity index (χ2v) is 5.75. The first-order chi connectivity index (χ1) is 11.6. The molecule has 0 spiro atoms. The van der Waals surface area contributed by atoms with Crippen LogP contribution in [0.2, 0.25) is 0 Å². The monoisotopic (exact) mass is 329 g/mol. The Morgan fingerprint density at radius 2 is 1.88 bits per heavy atom. The highest BCUT2D eigenvalue weighted by Crippen LogP contribution is 2.14. The van der Waals surface area contributed by atoms with E-state index in [4.69, 9.17) is 0 Å². The summed E-state index contributed by atoms with van der Waals surface area (Å²) in [6.07, 6.45) is 3.45. The summed E-state index contributed by atoms with van der Waals surface area (Å²) >= 11 is 0. The summed E-state index contributed by atoms with van der Waals surface area (Å²) in [6.45, 7) is 4.89. The van der Waals surface area contributed by atoms with Crippen LogP contribution < -0.4 is 10.2 Å². The van der Waals surface area contributed by atoms with Crippen LogP contribution in [0.1, 0.15) is 6.92 Å². The highest BCUT2D eigenvalue weighted by Gasteiger charge is 2.26. The van der Waals surface area contributed by atoms with Crippen LogP contribution >= 0.6 is 0 Å². The fraction of sp³-hybridized carbons (Fsp3) is 0.353. The fourth-order valence-electron chi connectivity index (χ4n) is 2.74. The first kappa shape index (κ1) is 16.3. The molecule has 1 aromatic carbocycles. The zero-order valence-electron chi connectivity index (χ0n) is 13.5. The molecule has 1 N–H and O–H groups in total. The van der Waals surface area contributed by atoms with Gasteiger partial charge < -0.3 is 10.2 Å². The van der Waals surface area contributed by atoms with E-state index in [1.54, 1.807) is 30.6 Å². The van der Waals surface area contributed by atoms with Crippen molar-refractivity contribution in [3.63, 3.8) is 0 Å². The van der Waals surface area contributed by atoms with E-state index in [9.17, 15) is 9.18 Å². The van der Waals surface area contributed by atoms with Crippen LogP contribution in [0.4, 0.5) is 16.0 Å². The molecule has 6 nitrogen and oxygen atoms in total. The van der Waals surface area contributed by atoms with Gasteiger partial charge in [-0.05, 0) is 31.2 Å². The van der Waals surface area contributed by atoms with Gasteiger partial charge in [-0.3, -0.25) is 9.69 Å². The predicted octanol–water partition coefficient (Wildman–Crippen LogP) is 1.76. The van der Waals surface area contributed by atoms with Crippen molar-refractivity contribution in [1.29, 1.82) is 0 Å². The molecule has 0 bridgehead atoms. The molecule has 2 aromatic rings. The van der Waals surface area contributed by atoms with E-state index >= 15 is 0 Å². The van der Waals surface area contributed by atoms with Gasteiger partial charge in [0.1, 0.15) is 5.82 Å². The van der Waals surface area contributed by atoms with Gasteiger partial charge in [-0.2, -0.15) is 0 Å². The maximum Gasteiger partial charge on any atom is 0.241 e. The van der Waals surface area contributed by atoms with Crippen LogP contribution in [-0.4, -0.2) is 53.0 Å². The summed E-state index contributed by atoms with van der Waals surface area (Å²) in [7, 11) is 0. The zero-order chi connectivity index (χ0) is 16.9. The largest absolute Gasteiger partial charge is 0.338 e. The van der Waals surface area contributed by atoms with Crippen molar-refractivity contribution >= 4 is 17.5 Å². The molecule has 1 saturated heterocycles. The van der Waals surface area contributed by atoms with Gasteiger partial charge in [-0.25, -0.2) is 14.4 Å². The van der Waals surface area contributed by atoms with Crippen molar-refractivity contribution in [3.8, 4) is 0 Å². The number of benzene rings is 1. The Morgan fingerprint density at radius 1 is 1.17 bits per heavy atom. The van der Waals surface area contributed by atoms with E-state index in [-0.39, 0.29) is 17.8 Å². The maximum atomic E-state index is 13.2. The molecule has 0 saturated carbocycles. The summed E-state index contributed by atoms with van der Waals surface area (Å²) in [4.78, 5) is 25.1. The maximum absolute atomic E-state index is 13.2. The average molecular weight is 329 g/mol. The third kappa shape index (κ3) is 3.86. The van der Waals surface area contributed by atoms with Crippen molar-refractivity contribution in [1.82, 2.24) is 14.9 Å². The molecule has 1 amide bonds. The van der Waals surface area contributed by atoms with E-state index in [0.29, 0.717) is 11.6 Å². The van der Waals surface area contributed by atoms with E-state index in [1.807, 2.05) is 6.92 Å². The van der Waals surface area contributed by atoms with Crippen LogP contribution in [0, 0.1) is 5.82 Å². The number of hydrogen-bond donors (Lipinski definition) is 1. The normalized spacial score (nSPS) is 16.7. The lowest BCUT2D eigenvalue weighted by atomic mass is 10.2. The number of nitrogens with zero attached hydrogens (tertiary/aromatic N) is 4. The number of carbonyl (C=O) groups is 1. The number of hydrogen-bond acceptors (Lipinski definition) is 5. The van der Waals surface area contributed by atoms with Crippen molar-refractivity contribution in [3.05, 3.63) is 48.5 Å². The van der Waals surface area contributed by atoms with E-state index in [1.165, 1.54) is 12.1 Å². The topological polar surface area (TPSA) is 61.4 Å². The highest BCUT2D eigenvalue weighted by atomic mass is 19.1. The lowest BCUT2D eigenvalue weighted by Gasteiger charge is -2.37. The minimum absolute atomic E-state index is 0.134. The van der Waals surface area contributed by atoms with Crippen molar-refractivity contribution < 1.29 is 9.18 Å². The quantitative estimate of drug-likeness (QED) is 0.926. The summed E-state index contributed by atoms with van der Waals surface area (Å²) in [5, 5.41) is 2.76. The standard InChI is InChI=1S/C17H20FN5O/c1-13(16(24)21-15-5-2-4-14(18)12-15)22-8-10-23(11-9-22)17-19-6-3-7-20-17/h2-7,12-13H,8-11H2,1H3,(H,21,24)/t13-/m1/s1. The van der Waals surface area contributed by atoms with Gasteiger partial charge in [-0.15, -0.1) is 0 Å².